The maximum atomic E-state index is 12.0. The molecule has 0 bridgehead atoms. The Hall–Kier alpha value is -1.97. The number of hydrogen-bond acceptors (Lipinski definition) is 3. The summed E-state index contributed by atoms with van der Waals surface area (Å²) in [5.74, 6) is 1.51. The average molecular weight is 317 g/mol. The Balaban J connectivity index is 1.60. The number of carbonyl (C=O) groups excluding carboxylic acids is 1. The predicted octanol–water partition coefficient (Wildman–Crippen LogP) is 4.70. The molecule has 126 valence electrons. The molecule has 0 aliphatic carbocycles. The third-order valence-corrected chi connectivity index (χ3v) is 3.89. The number of hydrogen-bond donors (Lipinski definition) is 1. The van der Waals surface area contributed by atoms with Crippen LogP contribution in [0.2, 0.25) is 0 Å². The van der Waals surface area contributed by atoms with E-state index in [1.54, 1.807) is 0 Å². The second-order valence-corrected chi connectivity index (χ2v) is 5.86. The lowest BCUT2D eigenvalue weighted by atomic mass is 10.1. The van der Waals surface area contributed by atoms with Crippen LogP contribution in [0.5, 0.6) is 11.5 Å². The van der Waals surface area contributed by atoms with Crippen LogP contribution in [0.3, 0.4) is 0 Å². The SMILES string of the molecule is C=CCCCCCCCCC(=O)Nc1ccc2c(c1)OCCO2. The summed E-state index contributed by atoms with van der Waals surface area (Å²) in [5, 5.41) is 2.93. The third kappa shape index (κ3) is 6.35. The van der Waals surface area contributed by atoms with Gasteiger partial charge in [0.05, 0.1) is 0 Å². The van der Waals surface area contributed by atoms with Crippen molar-refractivity contribution in [1.82, 2.24) is 0 Å². The molecule has 1 aromatic rings. The molecule has 0 radical (unpaired) electrons. The molecule has 1 aliphatic heterocycles. The molecule has 1 N–H and O–H groups in total. The van der Waals surface area contributed by atoms with Crippen molar-refractivity contribution in [1.29, 1.82) is 0 Å². The molecule has 0 aromatic heterocycles. The van der Waals surface area contributed by atoms with Crippen molar-refractivity contribution in [2.45, 2.75) is 51.4 Å². The van der Waals surface area contributed by atoms with E-state index in [1.807, 2.05) is 24.3 Å². The van der Waals surface area contributed by atoms with Gasteiger partial charge in [-0.05, 0) is 31.4 Å². The summed E-state index contributed by atoms with van der Waals surface area (Å²) < 4.78 is 11.0. The summed E-state index contributed by atoms with van der Waals surface area (Å²) >= 11 is 0. The second kappa shape index (κ2) is 9.93. The molecule has 0 atom stereocenters. The minimum absolute atomic E-state index is 0.0633. The average Bonchev–Trinajstić information content (AvgIpc) is 2.57. The Morgan fingerprint density at radius 3 is 2.52 bits per heavy atom. The maximum Gasteiger partial charge on any atom is 0.224 e. The first-order chi connectivity index (χ1) is 11.3. The van der Waals surface area contributed by atoms with Gasteiger partial charge in [-0.15, -0.1) is 6.58 Å². The molecule has 0 saturated carbocycles. The monoisotopic (exact) mass is 317 g/mol. The van der Waals surface area contributed by atoms with Crippen LogP contribution in [0.15, 0.2) is 30.9 Å². The van der Waals surface area contributed by atoms with Gasteiger partial charge in [0, 0.05) is 18.2 Å². The first kappa shape index (κ1) is 17.4. The maximum absolute atomic E-state index is 12.0. The quantitative estimate of drug-likeness (QED) is 0.502. The zero-order chi connectivity index (χ0) is 16.3. The number of benzene rings is 1. The number of nitrogens with one attached hydrogen (secondary N) is 1. The van der Waals surface area contributed by atoms with Gasteiger partial charge >= 0.3 is 0 Å². The fraction of sp³-hybridized carbons (Fsp3) is 0.526. The predicted molar refractivity (Wildman–Crippen MR) is 93.2 cm³/mol. The zero-order valence-corrected chi connectivity index (χ0v) is 13.8. The third-order valence-electron chi connectivity index (χ3n) is 3.89. The number of unbranched alkanes of at least 4 members (excludes halogenated alkanes) is 6. The van der Waals surface area contributed by atoms with Crippen LogP contribution in [-0.4, -0.2) is 19.1 Å². The molecule has 1 aromatic carbocycles. The molecular weight excluding hydrogens is 290 g/mol. The number of ether oxygens (including phenoxy) is 2. The largest absolute Gasteiger partial charge is 0.486 e. The Kier molecular flexibility index (Phi) is 7.50. The number of anilines is 1. The van der Waals surface area contributed by atoms with Crippen molar-refractivity contribution in [2.24, 2.45) is 0 Å². The van der Waals surface area contributed by atoms with Crippen LogP contribution in [0.25, 0.3) is 0 Å². The van der Waals surface area contributed by atoms with Crippen molar-refractivity contribution in [3.05, 3.63) is 30.9 Å². The summed E-state index contributed by atoms with van der Waals surface area (Å²) in [6, 6.07) is 5.52. The summed E-state index contributed by atoms with van der Waals surface area (Å²) in [6.45, 7) is 4.85. The van der Waals surface area contributed by atoms with Crippen LogP contribution >= 0.6 is 0 Å². The van der Waals surface area contributed by atoms with E-state index < -0.39 is 0 Å². The van der Waals surface area contributed by atoms with Crippen molar-refractivity contribution >= 4 is 11.6 Å². The van der Waals surface area contributed by atoms with E-state index in [0.717, 1.165) is 30.7 Å². The minimum Gasteiger partial charge on any atom is -0.486 e. The Morgan fingerprint density at radius 1 is 1.04 bits per heavy atom. The Labute approximate surface area is 138 Å². The van der Waals surface area contributed by atoms with Crippen LogP contribution < -0.4 is 14.8 Å². The van der Waals surface area contributed by atoms with Gasteiger partial charge in [0.2, 0.25) is 5.91 Å². The summed E-state index contributed by atoms with van der Waals surface area (Å²) in [6.07, 6.45) is 10.7. The second-order valence-electron chi connectivity index (χ2n) is 5.86. The van der Waals surface area contributed by atoms with E-state index in [-0.39, 0.29) is 5.91 Å². The fourth-order valence-electron chi connectivity index (χ4n) is 2.63. The van der Waals surface area contributed by atoms with E-state index >= 15 is 0 Å². The van der Waals surface area contributed by atoms with Gasteiger partial charge in [0.15, 0.2) is 11.5 Å². The Bertz CT molecular complexity index is 513. The van der Waals surface area contributed by atoms with Gasteiger partial charge in [-0.2, -0.15) is 0 Å². The first-order valence-corrected chi connectivity index (χ1v) is 8.60. The van der Waals surface area contributed by atoms with Crippen LogP contribution in [0, 0.1) is 0 Å². The highest BCUT2D eigenvalue weighted by Crippen LogP contribution is 2.32. The van der Waals surface area contributed by atoms with E-state index in [1.165, 1.54) is 25.7 Å². The van der Waals surface area contributed by atoms with Crippen molar-refractivity contribution in [2.75, 3.05) is 18.5 Å². The Morgan fingerprint density at radius 2 is 1.74 bits per heavy atom. The number of rotatable bonds is 10. The number of amides is 1. The molecule has 0 spiro atoms. The molecule has 1 amide bonds. The van der Waals surface area contributed by atoms with Gasteiger partial charge in [-0.1, -0.05) is 31.8 Å². The topological polar surface area (TPSA) is 47.6 Å². The molecule has 4 heteroatoms. The lowest BCUT2D eigenvalue weighted by Gasteiger charge is -2.19. The van der Waals surface area contributed by atoms with Crippen molar-refractivity contribution < 1.29 is 14.3 Å². The molecule has 0 fully saturated rings. The highest BCUT2D eigenvalue weighted by atomic mass is 16.6. The van der Waals surface area contributed by atoms with E-state index in [0.29, 0.717) is 25.4 Å². The molecule has 0 unspecified atom stereocenters. The summed E-state index contributed by atoms with van der Waals surface area (Å²) in [7, 11) is 0. The van der Waals surface area contributed by atoms with E-state index in [2.05, 4.69) is 11.9 Å². The summed E-state index contributed by atoms with van der Waals surface area (Å²) in [4.78, 5) is 12.0. The lowest BCUT2D eigenvalue weighted by Crippen LogP contribution is -2.16. The highest BCUT2D eigenvalue weighted by molar-refractivity contribution is 5.91. The normalized spacial score (nSPS) is 12.7. The van der Waals surface area contributed by atoms with Crippen LogP contribution in [-0.2, 0) is 4.79 Å². The van der Waals surface area contributed by atoms with E-state index in [4.69, 9.17) is 9.47 Å². The number of carbonyl (C=O) groups is 1. The zero-order valence-electron chi connectivity index (χ0n) is 13.8. The molecule has 1 heterocycles. The van der Waals surface area contributed by atoms with Crippen molar-refractivity contribution in [3.8, 4) is 11.5 Å². The van der Waals surface area contributed by atoms with Crippen molar-refractivity contribution in [3.63, 3.8) is 0 Å². The van der Waals surface area contributed by atoms with Gasteiger partial charge in [0.25, 0.3) is 0 Å². The molecule has 23 heavy (non-hydrogen) atoms. The molecule has 2 rings (SSSR count). The minimum atomic E-state index is 0.0633. The van der Waals surface area contributed by atoms with E-state index in [9.17, 15) is 4.79 Å². The highest BCUT2D eigenvalue weighted by Gasteiger charge is 2.12. The van der Waals surface area contributed by atoms with Gasteiger partial charge < -0.3 is 14.8 Å². The van der Waals surface area contributed by atoms with Gasteiger partial charge in [-0.3, -0.25) is 4.79 Å². The number of allylic oxidation sites excluding steroid dienone is 1. The molecule has 4 nitrogen and oxygen atoms in total. The molecular formula is C19H27NO3. The van der Waals surface area contributed by atoms with Crippen LogP contribution in [0.1, 0.15) is 51.4 Å². The van der Waals surface area contributed by atoms with Gasteiger partial charge in [-0.25, -0.2) is 0 Å². The molecule has 0 saturated heterocycles. The van der Waals surface area contributed by atoms with Gasteiger partial charge in [0.1, 0.15) is 13.2 Å². The van der Waals surface area contributed by atoms with Crippen LogP contribution in [0.4, 0.5) is 5.69 Å². The number of fused-ring (bicyclic) bond motifs is 1. The lowest BCUT2D eigenvalue weighted by molar-refractivity contribution is -0.116. The smallest absolute Gasteiger partial charge is 0.224 e. The first-order valence-electron chi connectivity index (χ1n) is 8.60. The fourth-order valence-corrected chi connectivity index (χ4v) is 2.63. The summed E-state index contributed by atoms with van der Waals surface area (Å²) in [5.41, 5.74) is 0.767. The standard InChI is InChI=1S/C19H27NO3/c1-2-3-4-5-6-7-8-9-10-19(21)20-16-11-12-17-18(15-16)23-14-13-22-17/h2,11-12,15H,1,3-10,13-14H2,(H,20,21). The molecule has 1 aliphatic rings.